The maximum Gasteiger partial charge on any atom is 0.326 e. The lowest BCUT2D eigenvalue weighted by molar-refractivity contribution is -0.140. The van der Waals surface area contributed by atoms with Crippen molar-refractivity contribution in [2.24, 2.45) is 5.92 Å². The van der Waals surface area contributed by atoms with Crippen LogP contribution in [0.2, 0.25) is 0 Å². The van der Waals surface area contributed by atoms with E-state index in [0.29, 0.717) is 13.0 Å². The lowest BCUT2D eigenvalue weighted by Gasteiger charge is -2.19. The summed E-state index contributed by atoms with van der Waals surface area (Å²) in [6, 6.07) is 2.98. The standard InChI is InChI=1S/C14H18N4O3S/c1-3-9(2)12(14(20)21)15-13(19)11-8-18(17-16-11)7-10-5-4-6-22-10/h4-6,8-9,12H,3,7H2,1-2H3,(H,15,19)(H,20,21). The summed E-state index contributed by atoms with van der Waals surface area (Å²) < 4.78 is 1.56. The van der Waals surface area contributed by atoms with Crippen LogP contribution in [0, 0.1) is 5.92 Å². The predicted molar refractivity (Wildman–Crippen MR) is 81.8 cm³/mol. The normalized spacial score (nSPS) is 13.5. The van der Waals surface area contributed by atoms with Gasteiger partial charge in [-0.25, -0.2) is 9.48 Å². The molecule has 0 aromatic carbocycles. The zero-order valence-electron chi connectivity index (χ0n) is 12.4. The maximum atomic E-state index is 12.1. The Balaban J connectivity index is 2.03. The first-order chi connectivity index (χ1) is 10.5. The molecule has 0 radical (unpaired) electrons. The molecule has 2 N–H and O–H groups in total. The molecule has 0 fully saturated rings. The molecule has 2 aromatic heterocycles. The molecule has 0 spiro atoms. The van der Waals surface area contributed by atoms with Gasteiger partial charge in [-0.15, -0.1) is 16.4 Å². The first-order valence-corrected chi connectivity index (χ1v) is 7.85. The van der Waals surface area contributed by atoms with E-state index in [4.69, 9.17) is 0 Å². The minimum absolute atomic E-state index is 0.117. The summed E-state index contributed by atoms with van der Waals surface area (Å²) in [5.41, 5.74) is 0.117. The quantitative estimate of drug-likeness (QED) is 0.807. The van der Waals surface area contributed by atoms with Gasteiger partial charge in [-0.3, -0.25) is 4.79 Å². The number of hydrogen-bond acceptors (Lipinski definition) is 5. The second-order valence-electron chi connectivity index (χ2n) is 5.06. The molecule has 2 aromatic rings. The van der Waals surface area contributed by atoms with Crippen LogP contribution in [0.5, 0.6) is 0 Å². The van der Waals surface area contributed by atoms with Crippen molar-refractivity contribution in [2.45, 2.75) is 32.9 Å². The van der Waals surface area contributed by atoms with Crippen LogP contribution in [0.1, 0.15) is 35.6 Å². The monoisotopic (exact) mass is 322 g/mol. The van der Waals surface area contributed by atoms with Gasteiger partial charge >= 0.3 is 5.97 Å². The summed E-state index contributed by atoms with van der Waals surface area (Å²) in [6.45, 7) is 4.20. The fourth-order valence-corrected chi connectivity index (χ4v) is 2.64. The van der Waals surface area contributed by atoms with Crippen molar-refractivity contribution in [1.82, 2.24) is 20.3 Å². The third kappa shape index (κ3) is 3.91. The Morgan fingerprint density at radius 3 is 2.86 bits per heavy atom. The van der Waals surface area contributed by atoms with Crippen molar-refractivity contribution in [1.29, 1.82) is 0 Å². The van der Waals surface area contributed by atoms with E-state index >= 15 is 0 Å². The van der Waals surface area contributed by atoms with E-state index in [9.17, 15) is 14.7 Å². The molecule has 0 bridgehead atoms. The molecule has 118 valence electrons. The van der Waals surface area contributed by atoms with Crippen LogP contribution in [0.4, 0.5) is 0 Å². The maximum absolute atomic E-state index is 12.1. The van der Waals surface area contributed by atoms with Gasteiger partial charge in [0.2, 0.25) is 0 Å². The highest BCUT2D eigenvalue weighted by Gasteiger charge is 2.26. The molecule has 2 atom stereocenters. The highest BCUT2D eigenvalue weighted by Crippen LogP contribution is 2.11. The van der Waals surface area contributed by atoms with Crippen LogP contribution in [0.25, 0.3) is 0 Å². The number of carbonyl (C=O) groups excluding carboxylic acids is 1. The summed E-state index contributed by atoms with van der Waals surface area (Å²) in [4.78, 5) is 24.4. The van der Waals surface area contributed by atoms with Crippen LogP contribution < -0.4 is 5.32 Å². The molecule has 8 heteroatoms. The van der Waals surface area contributed by atoms with E-state index in [1.807, 2.05) is 24.4 Å². The van der Waals surface area contributed by atoms with Crippen LogP contribution in [0.15, 0.2) is 23.7 Å². The number of rotatable bonds is 7. The summed E-state index contributed by atoms with van der Waals surface area (Å²) >= 11 is 1.59. The number of carboxylic acid groups (broad SMARTS) is 1. The third-order valence-electron chi connectivity index (χ3n) is 3.43. The fraction of sp³-hybridized carbons (Fsp3) is 0.429. The average Bonchev–Trinajstić information content (AvgIpc) is 3.15. The van der Waals surface area contributed by atoms with E-state index in [1.165, 1.54) is 6.20 Å². The average molecular weight is 322 g/mol. The lowest BCUT2D eigenvalue weighted by atomic mass is 9.99. The van der Waals surface area contributed by atoms with Crippen LogP contribution in [0.3, 0.4) is 0 Å². The Morgan fingerprint density at radius 1 is 1.50 bits per heavy atom. The van der Waals surface area contributed by atoms with E-state index < -0.39 is 17.9 Å². The van der Waals surface area contributed by atoms with Gasteiger partial charge in [0.05, 0.1) is 12.7 Å². The Morgan fingerprint density at radius 2 is 2.27 bits per heavy atom. The van der Waals surface area contributed by atoms with Gasteiger partial charge in [0, 0.05) is 4.88 Å². The molecule has 2 heterocycles. The lowest BCUT2D eigenvalue weighted by Crippen LogP contribution is -2.45. The topological polar surface area (TPSA) is 97.1 Å². The van der Waals surface area contributed by atoms with Gasteiger partial charge in [-0.1, -0.05) is 31.5 Å². The third-order valence-corrected chi connectivity index (χ3v) is 4.30. The van der Waals surface area contributed by atoms with E-state index in [1.54, 1.807) is 22.9 Å². The van der Waals surface area contributed by atoms with Crippen molar-refractivity contribution in [3.63, 3.8) is 0 Å². The van der Waals surface area contributed by atoms with E-state index in [-0.39, 0.29) is 11.6 Å². The van der Waals surface area contributed by atoms with Crippen molar-refractivity contribution in [3.8, 4) is 0 Å². The van der Waals surface area contributed by atoms with Gasteiger partial charge in [0.15, 0.2) is 5.69 Å². The molecule has 0 aliphatic heterocycles. The van der Waals surface area contributed by atoms with Crippen molar-refractivity contribution in [3.05, 3.63) is 34.3 Å². The molecule has 22 heavy (non-hydrogen) atoms. The highest BCUT2D eigenvalue weighted by atomic mass is 32.1. The number of nitrogens with zero attached hydrogens (tertiary/aromatic N) is 3. The number of amides is 1. The summed E-state index contributed by atoms with van der Waals surface area (Å²) in [5.74, 6) is -1.73. The number of hydrogen-bond donors (Lipinski definition) is 2. The first-order valence-electron chi connectivity index (χ1n) is 6.97. The van der Waals surface area contributed by atoms with E-state index in [0.717, 1.165) is 4.88 Å². The van der Waals surface area contributed by atoms with Crippen LogP contribution in [-0.4, -0.2) is 38.0 Å². The van der Waals surface area contributed by atoms with Gasteiger partial charge < -0.3 is 10.4 Å². The summed E-state index contributed by atoms with van der Waals surface area (Å²) in [7, 11) is 0. The number of nitrogens with one attached hydrogen (secondary N) is 1. The molecule has 0 saturated heterocycles. The Labute approximate surface area is 132 Å². The number of thiophene rings is 1. The zero-order valence-corrected chi connectivity index (χ0v) is 13.2. The van der Waals surface area contributed by atoms with Crippen molar-refractivity contribution < 1.29 is 14.7 Å². The largest absolute Gasteiger partial charge is 0.480 e. The molecule has 0 aliphatic rings. The van der Waals surface area contributed by atoms with Gasteiger partial charge in [-0.2, -0.15) is 0 Å². The van der Waals surface area contributed by atoms with Crippen molar-refractivity contribution in [2.75, 3.05) is 0 Å². The van der Waals surface area contributed by atoms with Gasteiger partial charge in [0.1, 0.15) is 6.04 Å². The molecule has 2 unspecified atom stereocenters. The Kier molecular flexibility index (Phi) is 5.26. The second-order valence-corrected chi connectivity index (χ2v) is 6.09. The SMILES string of the molecule is CCC(C)C(NC(=O)c1cn(Cc2cccs2)nn1)C(=O)O. The Bertz CT molecular complexity index is 638. The minimum Gasteiger partial charge on any atom is -0.480 e. The molecular weight excluding hydrogens is 304 g/mol. The molecule has 0 aliphatic carbocycles. The van der Waals surface area contributed by atoms with Crippen molar-refractivity contribution >= 4 is 23.2 Å². The molecule has 0 saturated carbocycles. The summed E-state index contributed by atoms with van der Waals surface area (Å²) in [6.07, 6.45) is 2.17. The molecule has 2 rings (SSSR count). The smallest absolute Gasteiger partial charge is 0.326 e. The van der Waals surface area contributed by atoms with Crippen LogP contribution in [-0.2, 0) is 11.3 Å². The zero-order chi connectivity index (χ0) is 16.1. The second kappa shape index (κ2) is 7.17. The number of aromatic nitrogens is 3. The molecule has 1 amide bonds. The van der Waals surface area contributed by atoms with Crippen LogP contribution >= 0.6 is 11.3 Å². The van der Waals surface area contributed by atoms with Gasteiger partial charge in [0.25, 0.3) is 5.91 Å². The van der Waals surface area contributed by atoms with Gasteiger partial charge in [-0.05, 0) is 17.4 Å². The fourth-order valence-electron chi connectivity index (χ4n) is 1.94. The predicted octanol–water partition coefficient (Wildman–Crippen LogP) is 1.62. The molecule has 7 nitrogen and oxygen atoms in total. The Hall–Kier alpha value is -2.22. The molecular formula is C14H18N4O3S. The first kappa shape index (κ1) is 16.2. The van der Waals surface area contributed by atoms with E-state index in [2.05, 4.69) is 15.6 Å². The number of aliphatic carboxylic acids is 1. The number of carboxylic acids is 1. The summed E-state index contributed by atoms with van der Waals surface area (Å²) in [5, 5.41) is 21.4. The number of carbonyl (C=O) groups is 2. The minimum atomic E-state index is -1.05. The highest BCUT2D eigenvalue weighted by molar-refractivity contribution is 7.09.